The lowest BCUT2D eigenvalue weighted by Gasteiger charge is -2.33. The molecule has 0 radical (unpaired) electrons. The first-order valence-electron chi connectivity index (χ1n) is 11.5. The van der Waals surface area contributed by atoms with E-state index in [9.17, 15) is 4.79 Å². The van der Waals surface area contributed by atoms with Crippen LogP contribution in [-0.2, 0) is 12.5 Å². The van der Waals surface area contributed by atoms with Crippen LogP contribution in [0.4, 0.5) is 6.01 Å². The van der Waals surface area contributed by atoms with Gasteiger partial charge < -0.3 is 14.2 Å². The number of hydrogen-bond donors (Lipinski definition) is 0. The molecule has 0 aliphatic carbocycles. The van der Waals surface area contributed by atoms with E-state index in [2.05, 4.69) is 40.7 Å². The van der Waals surface area contributed by atoms with E-state index in [-0.39, 0.29) is 11.3 Å². The Morgan fingerprint density at radius 3 is 2.29 bits per heavy atom. The summed E-state index contributed by atoms with van der Waals surface area (Å²) in [5, 5.41) is 4.55. The van der Waals surface area contributed by atoms with E-state index in [1.165, 1.54) is 0 Å². The fraction of sp³-hybridized carbons (Fsp3) is 0.400. The number of nitrogens with zero attached hydrogens (tertiary/aromatic N) is 7. The minimum absolute atomic E-state index is 0.0226. The van der Waals surface area contributed by atoms with Gasteiger partial charge in [-0.25, -0.2) is 14.6 Å². The van der Waals surface area contributed by atoms with Crippen LogP contribution in [0.15, 0.2) is 40.8 Å². The highest BCUT2D eigenvalue weighted by Crippen LogP contribution is 2.25. The normalized spacial score (nSPS) is 14.7. The highest BCUT2D eigenvalue weighted by molar-refractivity contribution is 5.94. The number of rotatable bonds is 3. The zero-order valence-electron chi connectivity index (χ0n) is 20.2. The van der Waals surface area contributed by atoms with Crippen molar-refractivity contribution in [2.24, 2.45) is 7.05 Å². The Hall–Kier alpha value is -3.75. The summed E-state index contributed by atoms with van der Waals surface area (Å²) in [6, 6.07) is 12.0. The molecule has 0 bridgehead atoms. The number of aromatic nitrogens is 5. The van der Waals surface area contributed by atoms with Gasteiger partial charge >= 0.3 is 0 Å². The minimum atomic E-state index is -0.124. The highest BCUT2D eigenvalue weighted by Gasteiger charge is 2.26. The number of fused-ring (bicyclic) bond motifs is 1. The Bertz CT molecular complexity index is 1340. The highest BCUT2D eigenvalue weighted by atomic mass is 16.4. The van der Waals surface area contributed by atoms with Crippen LogP contribution < -0.4 is 4.90 Å². The van der Waals surface area contributed by atoms with Gasteiger partial charge in [0, 0.05) is 55.5 Å². The fourth-order valence-corrected chi connectivity index (χ4v) is 4.04. The lowest BCUT2D eigenvalue weighted by Crippen LogP contribution is -2.48. The summed E-state index contributed by atoms with van der Waals surface area (Å²) in [6.07, 6.45) is 0. The topological polar surface area (TPSA) is 93.2 Å². The molecule has 1 aliphatic heterocycles. The van der Waals surface area contributed by atoms with Crippen molar-refractivity contribution >= 4 is 23.2 Å². The Morgan fingerprint density at radius 2 is 1.65 bits per heavy atom. The standard InChI is InChI=1S/C25H29N7O2/c1-16-6-11-19-20(26-16)27-24(34-19)32-14-12-31(13-15-32)22(33)18-9-7-17(8-10-18)21-28-23(25(2,3)4)29-30(21)5/h6-11H,12-15H2,1-5H3. The first-order valence-corrected chi connectivity index (χ1v) is 11.5. The molecule has 1 aliphatic rings. The van der Waals surface area contributed by atoms with Gasteiger partial charge in [-0.2, -0.15) is 10.1 Å². The first kappa shape index (κ1) is 22.1. The van der Waals surface area contributed by atoms with E-state index in [1.54, 1.807) is 4.68 Å². The predicted octanol–water partition coefficient (Wildman–Crippen LogP) is 3.59. The summed E-state index contributed by atoms with van der Waals surface area (Å²) in [7, 11) is 1.89. The molecule has 176 valence electrons. The number of hydrogen-bond acceptors (Lipinski definition) is 7. The zero-order chi connectivity index (χ0) is 24.0. The van der Waals surface area contributed by atoms with Crippen LogP contribution >= 0.6 is 0 Å². The second-order valence-corrected chi connectivity index (χ2v) is 9.76. The molecule has 4 aromatic rings. The lowest BCUT2D eigenvalue weighted by atomic mass is 9.96. The van der Waals surface area contributed by atoms with Gasteiger partial charge in [-0.3, -0.25) is 4.79 Å². The van der Waals surface area contributed by atoms with Gasteiger partial charge in [-0.1, -0.05) is 32.9 Å². The van der Waals surface area contributed by atoms with E-state index in [0.717, 1.165) is 22.9 Å². The molecular formula is C25H29N7O2. The van der Waals surface area contributed by atoms with E-state index < -0.39 is 0 Å². The first-order chi connectivity index (χ1) is 16.2. The van der Waals surface area contributed by atoms with E-state index in [4.69, 9.17) is 9.40 Å². The number of anilines is 1. The van der Waals surface area contributed by atoms with Gasteiger partial charge in [0.2, 0.25) is 5.65 Å². The summed E-state index contributed by atoms with van der Waals surface area (Å²) in [4.78, 5) is 30.7. The van der Waals surface area contributed by atoms with Gasteiger partial charge in [0.15, 0.2) is 17.2 Å². The minimum Gasteiger partial charge on any atom is -0.422 e. The third kappa shape index (κ3) is 4.13. The molecule has 0 atom stereocenters. The molecule has 0 saturated carbocycles. The Morgan fingerprint density at radius 1 is 0.941 bits per heavy atom. The average molecular weight is 460 g/mol. The molecule has 0 spiro atoms. The van der Waals surface area contributed by atoms with Crippen LogP contribution in [0.5, 0.6) is 0 Å². The average Bonchev–Trinajstić information content (AvgIpc) is 3.42. The molecule has 1 fully saturated rings. The smallest absolute Gasteiger partial charge is 0.300 e. The quantitative estimate of drug-likeness (QED) is 0.462. The number of piperazine rings is 1. The van der Waals surface area contributed by atoms with Crippen molar-refractivity contribution in [1.29, 1.82) is 0 Å². The second-order valence-electron chi connectivity index (χ2n) is 9.76. The number of benzene rings is 1. The van der Waals surface area contributed by atoms with Crippen molar-refractivity contribution in [3.63, 3.8) is 0 Å². The summed E-state index contributed by atoms with van der Waals surface area (Å²) in [5.74, 6) is 1.61. The van der Waals surface area contributed by atoms with Crippen LogP contribution in [0.2, 0.25) is 0 Å². The molecule has 0 N–H and O–H groups in total. The maximum atomic E-state index is 13.1. The summed E-state index contributed by atoms with van der Waals surface area (Å²) in [6.45, 7) is 10.7. The van der Waals surface area contributed by atoms with E-state index in [1.807, 2.05) is 55.3 Å². The van der Waals surface area contributed by atoms with Crippen LogP contribution in [0.3, 0.4) is 0 Å². The van der Waals surface area contributed by atoms with Crippen LogP contribution in [-0.4, -0.2) is 61.7 Å². The third-order valence-corrected chi connectivity index (χ3v) is 6.04. The molecule has 4 heterocycles. The van der Waals surface area contributed by atoms with Gasteiger partial charge in [-0.05, 0) is 31.2 Å². The maximum absolute atomic E-state index is 13.1. The Labute approximate surface area is 198 Å². The van der Waals surface area contributed by atoms with Crippen molar-refractivity contribution < 1.29 is 9.21 Å². The fourth-order valence-electron chi connectivity index (χ4n) is 4.04. The Kier molecular flexibility index (Phi) is 5.34. The van der Waals surface area contributed by atoms with Crippen molar-refractivity contribution in [2.45, 2.75) is 33.1 Å². The molecular weight excluding hydrogens is 430 g/mol. The van der Waals surface area contributed by atoms with Crippen molar-refractivity contribution in [2.75, 3.05) is 31.1 Å². The largest absolute Gasteiger partial charge is 0.422 e. The molecule has 9 nitrogen and oxygen atoms in total. The molecule has 9 heteroatoms. The van der Waals surface area contributed by atoms with Crippen molar-refractivity contribution in [3.8, 4) is 11.4 Å². The van der Waals surface area contributed by atoms with Gasteiger partial charge in [0.05, 0.1) is 0 Å². The monoisotopic (exact) mass is 459 g/mol. The van der Waals surface area contributed by atoms with Crippen LogP contribution in [0, 0.1) is 6.92 Å². The zero-order valence-corrected chi connectivity index (χ0v) is 20.2. The maximum Gasteiger partial charge on any atom is 0.300 e. The lowest BCUT2D eigenvalue weighted by molar-refractivity contribution is 0.0745. The number of carbonyl (C=O) groups excluding carboxylic acids is 1. The number of oxazole rings is 1. The number of aryl methyl sites for hydroxylation is 2. The molecule has 34 heavy (non-hydrogen) atoms. The SMILES string of the molecule is Cc1ccc2oc(N3CCN(C(=O)c4ccc(-c5nc(C(C)(C)C)nn5C)cc4)CC3)nc2n1. The predicted molar refractivity (Wildman–Crippen MR) is 130 cm³/mol. The number of amides is 1. The second kappa shape index (κ2) is 8.23. The van der Waals surface area contributed by atoms with E-state index >= 15 is 0 Å². The summed E-state index contributed by atoms with van der Waals surface area (Å²) >= 11 is 0. The summed E-state index contributed by atoms with van der Waals surface area (Å²) < 4.78 is 7.66. The molecule has 1 amide bonds. The molecule has 1 saturated heterocycles. The van der Waals surface area contributed by atoms with Crippen LogP contribution in [0.1, 0.15) is 42.6 Å². The van der Waals surface area contributed by atoms with Crippen molar-refractivity contribution in [3.05, 3.63) is 53.5 Å². The Balaban J connectivity index is 1.25. The molecule has 1 aromatic carbocycles. The number of carbonyl (C=O) groups is 1. The van der Waals surface area contributed by atoms with E-state index in [0.29, 0.717) is 49.0 Å². The number of pyridine rings is 1. The molecule has 3 aromatic heterocycles. The van der Waals surface area contributed by atoms with Crippen LogP contribution in [0.25, 0.3) is 22.6 Å². The van der Waals surface area contributed by atoms with Crippen molar-refractivity contribution in [1.82, 2.24) is 29.6 Å². The van der Waals surface area contributed by atoms with Gasteiger partial charge in [0.25, 0.3) is 11.9 Å². The molecule has 5 rings (SSSR count). The summed E-state index contributed by atoms with van der Waals surface area (Å²) in [5.41, 5.74) is 3.68. The van der Waals surface area contributed by atoms with Gasteiger partial charge in [0.1, 0.15) is 0 Å². The third-order valence-electron chi connectivity index (χ3n) is 6.04. The van der Waals surface area contributed by atoms with Gasteiger partial charge in [-0.15, -0.1) is 0 Å². The molecule has 0 unspecified atom stereocenters.